The standard InChI is InChI=1S/C18H33N3O5/c1-21-6-3-12(4-7-21)20-11-15-17(23)18-14(26-15)9-13(25-18)10-16(22)19-5-8-24-2/h12-15,17-18,20,23H,3-11H2,1-2H3,(H,19,22)/t13-,14+,15+,17+,18-/m0/s1. The van der Waals surface area contributed by atoms with E-state index < -0.39 is 6.10 Å². The summed E-state index contributed by atoms with van der Waals surface area (Å²) < 4.78 is 16.8. The molecule has 0 aromatic heterocycles. The van der Waals surface area contributed by atoms with Crippen LogP contribution in [-0.2, 0) is 19.0 Å². The molecule has 0 radical (unpaired) electrons. The van der Waals surface area contributed by atoms with E-state index in [4.69, 9.17) is 14.2 Å². The van der Waals surface area contributed by atoms with Gasteiger partial charge in [0.2, 0.25) is 5.91 Å². The van der Waals surface area contributed by atoms with Crippen LogP contribution in [0.25, 0.3) is 0 Å². The molecule has 0 aromatic rings. The number of ether oxygens (including phenoxy) is 3. The van der Waals surface area contributed by atoms with E-state index in [-0.39, 0.29) is 30.3 Å². The predicted molar refractivity (Wildman–Crippen MR) is 96.0 cm³/mol. The fourth-order valence-electron chi connectivity index (χ4n) is 4.08. The second-order valence-electron chi connectivity index (χ2n) is 7.69. The van der Waals surface area contributed by atoms with Crippen LogP contribution in [0.1, 0.15) is 25.7 Å². The van der Waals surface area contributed by atoms with Crippen LogP contribution in [-0.4, -0.2) is 99.4 Å². The number of aliphatic hydroxyl groups excluding tert-OH is 1. The summed E-state index contributed by atoms with van der Waals surface area (Å²) in [7, 11) is 3.75. The Bertz CT molecular complexity index is 458. The molecule has 5 atom stereocenters. The normalized spacial score (nSPS) is 35.6. The lowest BCUT2D eigenvalue weighted by Gasteiger charge is -2.30. The average Bonchev–Trinajstić information content (AvgIpc) is 3.13. The highest BCUT2D eigenvalue weighted by atomic mass is 16.6. The fourth-order valence-corrected chi connectivity index (χ4v) is 4.08. The van der Waals surface area contributed by atoms with E-state index in [1.165, 1.54) is 0 Å². The lowest BCUT2D eigenvalue weighted by molar-refractivity contribution is -0.124. The molecule has 3 saturated heterocycles. The first-order chi connectivity index (χ1) is 12.6. The summed E-state index contributed by atoms with van der Waals surface area (Å²) in [6, 6.07) is 0.493. The zero-order chi connectivity index (χ0) is 18.5. The van der Waals surface area contributed by atoms with Crippen LogP contribution in [0.5, 0.6) is 0 Å². The summed E-state index contributed by atoms with van der Waals surface area (Å²) in [5, 5.41) is 16.9. The second kappa shape index (κ2) is 9.43. The topological polar surface area (TPSA) is 92.3 Å². The highest BCUT2D eigenvalue weighted by Crippen LogP contribution is 2.35. The Balaban J connectivity index is 1.37. The number of hydrogen-bond donors (Lipinski definition) is 3. The van der Waals surface area contributed by atoms with Crippen molar-refractivity contribution in [3.63, 3.8) is 0 Å². The zero-order valence-corrected chi connectivity index (χ0v) is 15.9. The van der Waals surface area contributed by atoms with Crippen LogP contribution >= 0.6 is 0 Å². The molecular weight excluding hydrogens is 338 g/mol. The quantitative estimate of drug-likeness (QED) is 0.477. The Morgan fingerprint density at radius 1 is 1.31 bits per heavy atom. The minimum Gasteiger partial charge on any atom is -0.388 e. The number of aliphatic hydroxyl groups is 1. The van der Waals surface area contributed by atoms with Crippen LogP contribution < -0.4 is 10.6 Å². The Morgan fingerprint density at radius 3 is 2.77 bits per heavy atom. The number of methoxy groups -OCH3 is 1. The third-order valence-corrected chi connectivity index (χ3v) is 5.65. The fraction of sp³-hybridized carbons (Fsp3) is 0.944. The molecule has 3 aliphatic rings. The summed E-state index contributed by atoms with van der Waals surface area (Å²) in [6.07, 6.45) is 1.70. The van der Waals surface area contributed by atoms with Crippen molar-refractivity contribution in [3.05, 3.63) is 0 Å². The van der Waals surface area contributed by atoms with Crippen LogP contribution in [0, 0.1) is 0 Å². The number of amides is 1. The smallest absolute Gasteiger partial charge is 0.222 e. The predicted octanol–water partition coefficient (Wildman–Crippen LogP) is -0.891. The molecule has 150 valence electrons. The molecule has 8 heteroatoms. The van der Waals surface area contributed by atoms with Gasteiger partial charge in [-0.15, -0.1) is 0 Å². The molecular formula is C18H33N3O5. The molecule has 3 N–H and O–H groups in total. The molecule has 0 aliphatic carbocycles. The van der Waals surface area contributed by atoms with E-state index in [2.05, 4.69) is 22.6 Å². The number of carbonyl (C=O) groups is 1. The van der Waals surface area contributed by atoms with Gasteiger partial charge in [-0.3, -0.25) is 4.79 Å². The maximum absolute atomic E-state index is 11.9. The van der Waals surface area contributed by atoms with Gasteiger partial charge in [-0.1, -0.05) is 0 Å². The zero-order valence-electron chi connectivity index (χ0n) is 15.9. The summed E-state index contributed by atoms with van der Waals surface area (Å²) in [4.78, 5) is 14.2. The minimum absolute atomic E-state index is 0.0537. The van der Waals surface area contributed by atoms with Crippen LogP contribution in [0.3, 0.4) is 0 Å². The molecule has 0 aromatic carbocycles. The second-order valence-corrected chi connectivity index (χ2v) is 7.69. The van der Waals surface area contributed by atoms with Gasteiger partial charge >= 0.3 is 0 Å². The van der Waals surface area contributed by atoms with Crippen molar-refractivity contribution in [1.29, 1.82) is 0 Å². The van der Waals surface area contributed by atoms with E-state index in [1.54, 1.807) is 7.11 Å². The van der Waals surface area contributed by atoms with E-state index in [0.717, 1.165) is 25.9 Å². The first-order valence-electron chi connectivity index (χ1n) is 9.73. The molecule has 3 fully saturated rings. The van der Waals surface area contributed by atoms with Gasteiger partial charge in [0.15, 0.2) is 0 Å². The lowest BCUT2D eigenvalue weighted by Crippen LogP contribution is -2.46. The minimum atomic E-state index is -0.639. The van der Waals surface area contributed by atoms with Crippen LogP contribution in [0.2, 0.25) is 0 Å². The molecule has 8 nitrogen and oxygen atoms in total. The summed E-state index contributed by atoms with van der Waals surface area (Å²) >= 11 is 0. The maximum Gasteiger partial charge on any atom is 0.222 e. The SMILES string of the molecule is COCCNC(=O)C[C@@H]1C[C@H]2O[C@H](CNC3CCN(C)CC3)[C@@H](O)[C@H]2O1. The van der Waals surface area contributed by atoms with Crippen molar-refractivity contribution < 1.29 is 24.1 Å². The van der Waals surface area contributed by atoms with Gasteiger partial charge in [-0.05, 0) is 33.0 Å². The Labute approximate surface area is 155 Å². The van der Waals surface area contributed by atoms with Crippen LogP contribution in [0.4, 0.5) is 0 Å². The molecule has 0 bridgehead atoms. The van der Waals surface area contributed by atoms with Crippen molar-refractivity contribution >= 4 is 5.91 Å². The first-order valence-corrected chi connectivity index (χ1v) is 9.73. The highest BCUT2D eigenvalue weighted by Gasteiger charge is 2.50. The van der Waals surface area contributed by atoms with Crippen molar-refractivity contribution in [2.45, 2.75) is 62.2 Å². The van der Waals surface area contributed by atoms with Gasteiger partial charge in [0, 0.05) is 32.7 Å². The molecule has 0 spiro atoms. The Hall–Kier alpha value is -0.770. The van der Waals surface area contributed by atoms with Gasteiger partial charge in [0.05, 0.1) is 31.3 Å². The number of likely N-dealkylation sites (tertiary alicyclic amines) is 1. The molecule has 0 unspecified atom stereocenters. The molecule has 3 aliphatic heterocycles. The number of rotatable bonds is 8. The summed E-state index contributed by atoms with van der Waals surface area (Å²) in [6.45, 7) is 3.85. The van der Waals surface area contributed by atoms with Gasteiger partial charge in [-0.25, -0.2) is 0 Å². The van der Waals surface area contributed by atoms with Gasteiger partial charge in [0.25, 0.3) is 0 Å². The van der Waals surface area contributed by atoms with Crippen molar-refractivity contribution in [2.24, 2.45) is 0 Å². The van der Waals surface area contributed by atoms with E-state index in [1.807, 2.05) is 0 Å². The van der Waals surface area contributed by atoms with E-state index in [0.29, 0.717) is 38.6 Å². The molecule has 1 amide bonds. The lowest BCUT2D eigenvalue weighted by atomic mass is 10.0. The number of carbonyl (C=O) groups excluding carboxylic acids is 1. The van der Waals surface area contributed by atoms with Crippen LogP contribution in [0.15, 0.2) is 0 Å². The molecule has 0 saturated carbocycles. The molecule has 3 heterocycles. The number of fused-ring (bicyclic) bond motifs is 1. The van der Waals surface area contributed by atoms with E-state index in [9.17, 15) is 9.90 Å². The number of hydrogen-bond acceptors (Lipinski definition) is 7. The van der Waals surface area contributed by atoms with Crippen molar-refractivity contribution in [2.75, 3.05) is 46.9 Å². The third kappa shape index (κ3) is 5.15. The summed E-state index contributed by atoms with van der Waals surface area (Å²) in [5.74, 6) is -0.0537. The number of nitrogens with zero attached hydrogens (tertiary/aromatic N) is 1. The summed E-state index contributed by atoms with van der Waals surface area (Å²) in [5.41, 5.74) is 0. The highest BCUT2D eigenvalue weighted by molar-refractivity contribution is 5.76. The third-order valence-electron chi connectivity index (χ3n) is 5.65. The van der Waals surface area contributed by atoms with Crippen molar-refractivity contribution in [1.82, 2.24) is 15.5 Å². The van der Waals surface area contributed by atoms with Crippen molar-refractivity contribution in [3.8, 4) is 0 Å². The number of nitrogens with one attached hydrogen (secondary N) is 2. The van der Waals surface area contributed by atoms with Gasteiger partial charge in [-0.2, -0.15) is 0 Å². The Morgan fingerprint density at radius 2 is 2.08 bits per heavy atom. The molecule has 26 heavy (non-hydrogen) atoms. The largest absolute Gasteiger partial charge is 0.388 e. The first kappa shape index (κ1) is 20.0. The van der Waals surface area contributed by atoms with Gasteiger partial charge in [0.1, 0.15) is 12.2 Å². The molecule has 3 rings (SSSR count). The maximum atomic E-state index is 11.9. The monoisotopic (exact) mass is 371 g/mol. The Kier molecular flexibility index (Phi) is 7.25. The van der Waals surface area contributed by atoms with E-state index >= 15 is 0 Å². The number of piperidine rings is 1. The average molecular weight is 371 g/mol. The van der Waals surface area contributed by atoms with Gasteiger partial charge < -0.3 is 34.9 Å².